The molecule has 1 heterocycles. The Morgan fingerprint density at radius 1 is 0.833 bits per heavy atom. The number of nitriles is 1. The normalized spacial score (nSPS) is 18.8. The lowest BCUT2D eigenvalue weighted by molar-refractivity contribution is 0.302. The molecule has 0 atom stereocenters. The average molecular weight is 403 g/mol. The minimum absolute atomic E-state index is 0.610. The van der Waals surface area contributed by atoms with Crippen molar-refractivity contribution < 1.29 is 0 Å². The zero-order valence-electron chi connectivity index (χ0n) is 18.8. The second-order valence-corrected chi connectivity index (χ2v) is 9.15. The van der Waals surface area contributed by atoms with E-state index in [9.17, 15) is 0 Å². The van der Waals surface area contributed by atoms with Gasteiger partial charge in [-0.1, -0.05) is 89.0 Å². The van der Waals surface area contributed by atoms with E-state index in [1.807, 2.05) is 12.1 Å². The highest BCUT2D eigenvalue weighted by Gasteiger charge is 2.22. The minimum atomic E-state index is 0.610. The molecule has 1 aromatic carbocycles. The second-order valence-electron chi connectivity index (χ2n) is 9.15. The van der Waals surface area contributed by atoms with Gasteiger partial charge in [0.05, 0.1) is 11.3 Å². The van der Waals surface area contributed by atoms with Gasteiger partial charge in [-0.3, -0.25) is 4.98 Å². The fourth-order valence-corrected chi connectivity index (χ4v) is 4.91. The largest absolute Gasteiger partial charge is 0.255 e. The van der Waals surface area contributed by atoms with E-state index in [1.54, 1.807) is 6.20 Å². The van der Waals surface area contributed by atoms with Crippen LogP contribution in [0.1, 0.15) is 107 Å². The quantitative estimate of drug-likeness (QED) is 0.354. The Hall–Kier alpha value is -2.14. The van der Waals surface area contributed by atoms with E-state index in [4.69, 9.17) is 5.26 Å². The van der Waals surface area contributed by atoms with E-state index in [1.165, 1.54) is 89.0 Å². The summed E-state index contributed by atoms with van der Waals surface area (Å²) in [5, 5.41) is 8.92. The van der Waals surface area contributed by atoms with Crippen LogP contribution in [0.2, 0.25) is 0 Å². The fourth-order valence-electron chi connectivity index (χ4n) is 4.91. The van der Waals surface area contributed by atoms with Gasteiger partial charge in [-0.25, -0.2) is 0 Å². The molecule has 0 bridgehead atoms. The summed E-state index contributed by atoms with van der Waals surface area (Å²) in [7, 11) is 0. The molecule has 30 heavy (non-hydrogen) atoms. The van der Waals surface area contributed by atoms with Gasteiger partial charge in [0, 0.05) is 11.8 Å². The van der Waals surface area contributed by atoms with Crippen LogP contribution in [-0.4, -0.2) is 4.98 Å². The van der Waals surface area contributed by atoms with E-state index in [-0.39, 0.29) is 0 Å². The van der Waals surface area contributed by atoms with Crippen molar-refractivity contribution in [2.24, 2.45) is 5.92 Å². The molecule has 0 saturated heterocycles. The third-order valence-corrected chi connectivity index (χ3v) is 6.88. The van der Waals surface area contributed by atoms with Gasteiger partial charge in [0.15, 0.2) is 0 Å². The van der Waals surface area contributed by atoms with Crippen LogP contribution in [0.5, 0.6) is 0 Å². The van der Waals surface area contributed by atoms with E-state index < -0.39 is 0 Å². The first kappa shape index (κ1) is 22.5. The number of nitrogens with zero attached hydrogens (tertiary/aromatic N) is 2. The Labute approximate surface area is 183 Å². The molecule has 160 valence electrons. The number of hydrogen-bond acceptors (Lipinski definition) is 2. The number of unbranched alkanes of at least 4 members (excludes halogenated alkanes) is 7. The van der Waals surface area contributed by atoms with Crippen LogP contribution in [0.15, 0.2) is 42.6 Å². The van der Waals surface area contributed by atoms with Gasteiger partial charge in [0.2, 0.25) is 0 Å². The van der Waals surface area contributed by atoms with E-state index >= 15 is 0 Å². The summed E-state index contributed by atoms with van der Waals surface area (Å²) in [5.41, 5.74) is 4.17. The maximum atomic E-state index is 8.92. The Bertz CT molecular complexity index is 762. The average Bonchev–Trinajstić information content (AvgIpc) is 2.81. The van der Waals surface area contributed by atoms with Gasteiger partial charge in [-0.15, -0.1) is 0 Å². The fraction of sp³-hybridized carbons (Fsp3) is 0.571. The van der Waals surface area contributed by atoms with Gasteiger partial charge in [-0.05, 0) is 55.2 Å². The van der Waals surface area contributed by atoms with Gasteiger partial charge in [-0.2, -0.15) is 5.26 Å². The minimum Gasteiger partial charge on any atom is -0.255 e. The maximum absolute atomic E-state index is 8.92. The van der Waals surface area contributed by atoms with Gasteiger partial charge in [0.1, 0.15) is 6.07 Å². The van der Waals surface area contributed by atoms with E-state index in [0.717, 1.165) is 23.1 Å². The smallest absolute Gasteiger partial charge is 0.101 e. The van der Waals surface area contributed by atoms with Crippen LogP contribution < -0.4 is 0 Å². The van der Waals surface area contributed by atoms with Crippen LogP contribution in [0, 0.1) is 17.2 Å². The first-order valence-corrected chi connectivity index (χ1v) is 12.3. The molecule has 0 amide bonds. The van der Waals surface area contributed by atoms with Crippen LogP contribution in [0.4, 0.5) is 0 Å². The third-order valence-electron chi connectivity index (χ3n) is 6.88. The van der Waals surface area contributed by atoms with Crippen molar-refractivity contribution in [3.63, 3.8) is 0 Å². The number of aromatic nitrogens is 1. The summed E-state index contributed by atoms with van der Waals surface area (Å²) in [6.07, 6.45) is 20.0. The number of pyridine rings is 1. The lowest BCUT2D eigenvalue weighted by Crippen LogP contribution is -2.13. The summed E-state index contributed by atoms with van der Waals surface area (Å²) in [5.74, 6) is 1.69. The standard InChI is InChI=1S/C28H38N2/c1-2-3-4-5-6-7-8-9-10-23-11-14-25(15-12-23)26-16-18-27(19-17-26)28-20-13-24(21-29)22-30-28/h13,16-20,22-23,25H,2-12,14-15H2,1H3. The van der Waals surface area contributed by atoms with Gasteiger partial charge >= 0.3 is 0 Å². The molecular weight excluding hydrogens is 364 g/mol. The molecule has 1 aliphatic carbocycles. The summed E-state index contributed by atoms with van der Waals surface area (Å²) in [6.45, 7) is 2.29. The van der Waals surface area contributed by atoms with Crippen LogP contribution >= 0.6 is 0 Å². The first-order valence-electron chi connectivity index (χ1n) is 12.3. The SMILES string of the molecule is CCCCCCCCCCC1CCC(c2ccc(-c3ccc(C#N)cn3)cc2)CC1. The molecule has 2 aromatic rings. The molecule has 0 aliphatic heterocycles. The molecule has 0 spiro atoms. The predicted molar refractivity (Wildman–Crippen MR) is 126 cm³/mol. The number of hydrogen-bond donors (Lipinski definition) is 0. The molecule has 1 aliphatic rings. The topological polar surface area (TPSA) is 36.7 Å². The summed E-state index contributed by atoms with van der Waals surface area (Å²) >= 11 is 0. The molecule has 1 aromatic heterocycles. The summed E-state index contributed by atoms with van der Waals surface area (Å²) in [6, 6.07) is 14.9. The highest BCUT2D eigenvalue weighted by Crippen LogP contribution is 2.38. The van der Waals surface area contributed by atoms with Crippen molar-refractivity contribution >= 4 is 0 Å². The lowest BCUT2D eigenvalue weighted by Gasteiger charge is -2.29. The highest BCUT2D eigenvalue weighted by atomic mass is 14.7. The Morgan fingerprint density at radius 2 is 1.50 bits per heavy atom. The summed E-state index contributed by atoms with van der Waals surface area (Å²) in [4.78, 5) is 4.41. The van der Waals surface area contributed by atoms with Crippen molar-refractivity contribution in [3.8, 4) is 17.3 Å². The van der Waals surface area contributed by atoms with Crippen molar-refractivity contribution in [1.82, 2.24) is 4.98 Å². The lowest BCUT2D eigenvalue weighted by atomic mass is 9.77. The molecule has 2 heteroatoms. The molecule has 0 radical (unpaired) electrons. The van der Waals surface area contributed by atoms with Crippen LogP contribution in [0.3, 0.4) is 0 Å². The zero-order chi connectivity index (χ0) is 21.0. The third kappa shape index (κ3) is 6.98. The van der Waals surface area contributed by atoms with Gasteiger partial charge < -0.3 is 0 Å². The predicted octanol–water partition coefficient (Wildman–Crippen LogP) is 8.42. The van der Waals surface area contributed by atoms with Crippen LogP contribution in [-0.2, 0) is 0 Å². The Kier molecular flexibility index (Phi) is 9.42. The van der Waals surface area contributed by atoms with E-state index in [2.05, 4.69) is 42.2 Å². The monoisotopic (exact) mass is 402 g/mol. The Balaban J connectivity index is 1.36. The molecule has 3 rings (SSSR count). The number of rotatable bonds is 11. The molecular formula is C28H38N2. The second kappa shape index (κ2) is 12.5. The molecule has 0 unspecified atom stereocenters. The molecule has 1 saturated carbocycles. The van der Waals surface area contributed by atoms with Crippen LogP contribution in [0.25, 0.3) is 11.3 Å². The van der Waals surface area contributed by atoms with Crippen molar-refractivity contribution in [2.45, 2.75) is 96.3 Å². The van der Waals surface area contributed by atoms with Gasteiger partial charge in [0.25, 0.3) is 0 Å². The maximum Gasteiger partial charge on any atom is 0.101 e. The van der Waals surface area contributed by atoms with Crippen molar-refractivity contribution in [3.05, 3.63) is 53.7 Å². The first-order chi connectivity index (χ1) is 14.8. The molecule has 1 fully saturated rings. The summed E-state index contributed by atoms with van der Waals surface area (Å²) < 4.78 is 0. The number of benzene rings is 1. The highest BCUT2D eigenvalue weighted by molar-refractivity contribution is 5.60. The molecule has 2 nitrogen and oxygen atoms in total. The molecule has 0 N–H and O–H groups in total. The zero-order valence-corrected chi connectivity index (χ0v) is 18.8. The Morgan fingerprint density at radius 3 is 2.10 bits per heavy atom. The van der Waals surface area contributed by atoms with Crippen molar-refractivity contribution in [2.75, 3.05) is 0 Å². The van der Waals surface area contributed by atoms with E-state index in [0.29, 0.717) is 5.56 Å². The van der Waals surface area contributed by atoms with Crippen molar-refractivity contribution in [1.29, 1.82) is 5.26 Å².